The number of thioether (sulfide) groups is 1. The molecule has 3 rings (SSSR count). The molecule has 2 aliphatic heterocycles. The maximum Gasteiger partial charge on any atom is 0.261 e. The minimum absolute atomic E-state index is 0.113. The van der Waals surface area contributed by atoms with Crippen molar-refractivity contribution in [3.05, 3.63) is 21.4 Å². The van der Waals surface area contributed by atoms with Crippen LogP contribution in [0.1, 0.15) is 39.4 Å². The Kier molecular flexibility index (Phi) is 4.45. The lowest BCUT2D eigenvalue weighted by molar-refractivity contribution is 0.0956. The summed E-state index contributed by atoms with van der Waals surface area (Å²) in [5.41, 5.74) is 1.38. The summed E-state index contributed by atoms with van der Waals surface area (Å²) in [7, 11) is 0. The van der Waals surface area contributed by atoms with Crippen LogP contribution in [0, 0.1) is 0 Å². The van der Waals surface area contributed by atoms with Crippen LogP contribution in [0.15, 0.2) is 6.07 Å². The largest absolute Gasteiger partial charge is 0.351 e. The minimum Gasteiger partial charge on any atom is -0.351 e. The Bertz CT molecular complexity index is 429. The Morgan fingerprint density at radius 3 is 3.26 bits per heavy atom. The molecule has 104 valence electrons. The summed E-state index contributed by atoms with van der Waals surface area (Å²) in [6.45, 7) is 1.92. The van der Waals surface area contributed by atoms with Crippen LogP contribution >= 0.6 is 23.1 Å². The number of thiophene rings is 1. The van der Waals surface area contributed by atoms with Crippen molar-refractivity contribution in [2.75, 3.05) is 18.8 Å². The highest BCUT2D eigenvalue weighted by molar-refractivity contribution is 7.98. The number of hydrogen-bond acceptors (Lipinski definition) is 4. The van der Waals surface area contributed by atoms with Crippen molar-refractivity contribution in [3.63, 3.8) is 0 Å². The van der Waals surface area contributed by atoms with E-state index in [1.807, 2.05) is 11.8 Å². The average Bonchev–Trinajstić information content (AvgIpc) is 3.07. The van der Waals surface area contributed by atoms with E-state index in [1.54, 1.807) is 11.3 Å². The van der Waals surface area contributed by atoms with Crippen molar-refractivity contribution in [2.45, 2.75) is 37.5 Å². The molecule has 1 aromatic rings. The third-order valence-corrected chi connectivity index (χ3v) is 6.04. The average molecular weight is 296 g/mol. The van der Waals surface area contributed by atoms with Gasteiger partial charge >= 0.3 is 0 Å². The Balaban J connectivity index is 1.50. The van der Waals surface area contributed by atoms with Crippen LogP contribution in [-0.2, 0) is 12.2 Å². The SMILES string of the molecule is O=C(NCC[C@@H]1CCCN1)c1cc2c(s1)CCSC2. The second kappa shape index (κ2) is 6.29. The lowest BCUT2D eigenvalue weighted by Gasteiger charge is -2.10. The van der Waals surface area contributed by atoms with E-state index in [1.165, 1.54) is 29.0 Å². The van der Waals surface area contributed by atoms with Crippen molar-refractivity contribution in [1.29, 1.82) is 0 Å². The summed E-state index contributed by atoms with van der Waals surface area (Å²) in [6, 6.07) is 2.70. The number of carbonyl (C=O) groups excluding carboxylic acids is 1. The van der Waals surface area contributed by atoms with E-state index >= 15 is 0 Å². The van der Waals surface area contributed by atoms with Crippen molar-refractivity contribution in [3.8, 4) is 0 Å². The molecule has 2 N–H and O–H groups in total. The topological polar surface area (TPSA) is 41.1 Å². The lowest BCUT2D eigenvalue weighted by Crippen LogP contribution is -2.30. The van der Waals surface area contributed by atoms with Crippen LogP contribution in [-0.4, -0.2) is 30.8 Å². The van der Waals surface area contributed by atoms with Crippen LogP contribution in [0.25, 0.3) is 0 Å². The van der Waals surface area contributed by atoms with Crippen LogP contribution < -0.4 is 10.6 Å². The molecule has 0 aromatic carbocycles. The smallest absolute Gasteiger partial charge is 0.261 e. The molecule has 2 aliphatic rings. The van der Waals surface area contributed by atoms with Gasteiger partial charge in [0, 0.05) is 23.2 Å². The van der Waals surface area contributed by atoms with Crippen LogP contribution in [0.2, 0.25) is 0 Å². The molecule has 1 saturated heterocycles. The first-order valence-electron chi connectivity index (χ1n) is 7.04. The highest BCUT2D eigenvalue weighted by Crippen LogP contribution is 2.31. The molecule has 0 bridgehead atoms. The zero-order chi connectivity index (χ0) is 13.1. The van der Waals surface area contributed by atoms with E-state index in [0.717, 1.165) is 36.6 Å². The molecule has 0 saturated carbocycles. The van der Waals surface area contributed by atoms with Gasteiger partial charge < -0.3 is 10.6 Å². The zero-order valence-corrected chi connectivity index (χ0v) is 12.7. The third-order valence-electron chi connectivity index (χ3n) is 3.79. The zero-order valence-electron chi connectivity index (χ0n) is 11.0. The summed E-state index contributed by atoms with van der Waals surface area (Å²) in [5.74, 6) is 2.38. The van der Waals surface area contributed by atoms with Crippen molar-refractivity contribution in [1.82, 2.24) is 10.6 Å². The molecule has 5 heteroatoms. The Morgan fingerprint density at radius 2 is 2.47 bits per heavy atom. The van der Waals surface area contributed by atoms with Gasteiger partial charge in [-0.2, -0.15) is 11.8 Å². The lowest BCUT2D eigenvalue weighted by atomic mass is 10.1. The standard InChI is InChI=1S/C14H20N2OS2/c17-14(16-6-3-11-2-1-5-15-11)13-8-10-9-18-7-4-12(10)19-13/h8,11,15H,1-7,9H2,(H,16,17)/t11-/m0/s1. The predicted molar refractivity (Wildman–Crippen MR) is 82.2 cm³/mol. The molecule has 0 unspecified atom stereocenters. The summed E-state index contributed by atoms with van der Waals surface area (Å²) in [5, 5.41) is 6.52. The molecular weight excluding hydrogens is 276 g/mol. The molecule has 1 amide bonds. The predicted octanol–water partition coefficient (Wildman–Crippen LogP) is 2.41. The summed E-state index contributed by atoms with van der Waals surface area (Å²) < 4.78 is 0. The number of fused-ring (bicyclic) bond motifs is 1. The van der Waals surface area contributed by atoms with E-state index in [2.05, 4.69) is 16.7 Å². The van der Waals surface area contributed by atoms with Gasteiger partial charge in [-0.15, -0.1) is 11.3 Å². The first-order chi connectivity index (χ1) is 9.33. The van der Waals surface area contributed by atoms with Gasteiger partial charge in [-0.3, -0.25) is 4.79 Å². The molecule has 1 atom stereocenters. The van der Waals surface area contributed by atoms with Gasteiger partial charge in [0.2, 0.25) is 0 Å². The molecule has 0 spiro atoms. The van der Waals surface area contributed by atoms with E-state index in [-0.39, 0.29) is 5.91 Å². The van der Waals surface area contributed by atoms with Gasteiger partial charge in [0.1, 0.15) is 0 Å². The second-order valence-corrected chi connectivity index (χ2v) is 7.44. The van der Waals surface area contributed by atoms with Gasteiger partial charge in [-0.05, 0) is 49.6 Å². The van der Waals surface area contributed by atoms with E-state index in [4.69, 9.17) is 0 Å². The molecule has 0 aliphatic carbocycles. The number of nitrogens with one attached hydrogen (secondary N) is 2. The second-order valence-electron chi connectivity index (χ2n) is 5.20. The fourth-order valence-electron chi connectivity index (χ4n) is 2.71. The summed E-state index contributed by atoms with van der Waals surface area (Å²) >= 11 is 3.65. The van der Waals surface area contributed by atoms with Crippen molar-refractivity contribution < 1.29 is 4.79 Å². The summed E-state index contributed by atoms with van der Waals surface area (Å²) in [6.07, 6.45) is 4.70. The Hall–Kier alpha value is -0.520. The fourth-order valence-corrected chi connectivity index (χ4v) is 5.00. The maximum absolute atomic E-state index is 12.1. The molecule has 3 heterocycles. The minimum atomic E-state index is 0.113. The molecule has 3 nitrogen and oxygen atoms in total. The van der Waals surface area contributed by atoms with E-state index in [0.29, 0.717) is 6.04 Å². The van der Waals surface area contributed by atoms with Gasteiger partial charge in [0.05, 0.1) is 4.88 Å². The summed E-state index contributed by atoms with van der Waals surface area (Å²) in [4.78, 5) is 14.4. The molecule has 1 fully saturated rings. The van der Waals surface area contributed by atoms with Gasteiger partial charge in [-0.1, -0.05) is 0 Å². The number of rotatable bonds is 4. The normalized spacial score (nSPS) is 22.2. The monoisotopic (exact) mass is 296 g/mol. The number of carbonyl (C=O) groups is 1. The molecule has 0 radical (unpaired) electrons. The first kappa shape index (κ1) is 13.5. The van der Waals surface area contributed by atoms with Gasteiger partial charge in [0.25, 0.3) is 5.91 Å². The third kappa shape index (κ3) is 3.33. The number of hydrogen-bond donors (Lipinski definition) is 2. The molecule has 19 heavy (non-hydrogen) atoms. The first-order valence-corrected chi connectivity index (χ1v) is 9.01. The van der Waals surface area contributed by atoms with E-state index in [9.17, 15) is 4.79 Å². The molecular formula is C14H20N2OS2. The Morgan fingerprint density at radius 1 is 1.53 bits per heavy atom. The van der Waals surface area contributed by atoms with Crippen LogP contribution in [0.4, 0.5) is 0 Å². The van der Waals surface area contributed by atoms with Crippen LogP contribution in [0.5, 0.6) is 0 Å². The Labute approximate surface area is 122 Å². The highest BCUT2D eigenvalue weighted by Gasteiger charge is 2.18. The van der Waals surface area contributed by atoms with Crippen molar-refractivity contribution in [2.24, 2.45) is 0 Å². The maximum atomic E-state index is 12.1. The molecule has 1 aromatic heterocycles. The quantitative estimate of drug-likeness (QED) is 0.896. The van der Waals surface area contributed by atoms with Crippen molar-refractivity contribution >= 4 is 29.0 Å². The van der Waals surface area contributed by atoms with Gasteiger partial charge in [-0.25, -0.2) is 0 Å². The highest BCUT2D eigenvalue weighted by atomic mass is 32.2. The number of aryl methyl sites for hydroxylation is 1. The van der Waals surface area contributed by atoms with Gasteiger partial charge in [0.15, 0.2) is 0 Å². The fraction of sp³-hybridized carbons (Fsp3) is 0.643. The number of amides is 1. The van der Waals surface area contributed by atoms with Crippen LogP contribution in [0.3, 0.4) is 0 Å². The van der Waals surface area contributed by atoms with E-state index < -0.39 is 0 Å².